The predicted molar refractivity (Wildman–Crippen MR) is 128 cm³/mol. The van der Waals surface area contributed by atoms with Gasteiger partial charge in [-0.15, -0.1) is 0 Å². The molecule has 0 amide bonds. The Morgan fingerprint density at radius 3 is 2.38 bits per heavy atom. The number of aryl methyl sites for hydroxylation is 1. The molecule has 0 saturated heterocycles. The van der Waals surface area contributed by atoms with E-state index < -0.39 is 0 Å². The molecule has 170 valence electrons. The molecule has 0 aliphatic carbocycles. The van der Waals surface area contributed by atoms with Gasteiger partial charge in [0, 0.05) is 26.3 Å². The van der Waals surface area contributed by atoms with Crippen LogP contribution in [0.15, 0.2) is 71.9 Å². The molecule has 0 bridgehead atoms. The van der Waals surface area contributed by atoms with Crippen molar-refractivity contribution in [3.63, 3.8) is 0 Å². The van der Waals surface area contributed by atoms with E-state index in [1.807, 2.05) is 60.3 Å². The summed E-state index contributed by atoms with van der Waals surface area (Å²) >= 11 is 0. The van der Waals surface area contributed by atoms with Crippen LogP contribution in [0.3, 0.4) is 0 Å². The van der Waals surface area contributed by atoms with E-state index >= 15 is 0 Å². The Morgan fingerprint density at radius 2 is 1.69 bits per heavy atom. The zero-order valence-corrected chi connectivity index (χ0v) is 19.0. The first kappa shape index (κ1) is 23.2. The molecule has 1 heterocycles. The highest BCUT2D eigenvalue weighted by Crippen LogP contribution is 2.19. The molecule has 0 atom stereocenters. The molecule has 0 fully saturated rings. The van der Waals surface area contributed by atoms with Crippen molar-refractivity contribution in [1.29, 1.82) is 0 Å². The summed E-state index contributed by atoms with van der Waals surface area (Å²) in [6.07, 6.45) is 3.74. The normalized spacial score (nSPS) is 11.2. The van der Waals surface area contributed by atoms with E-state index in [1.165, 1.54) is 0 Å². The second-order valence-electron chi connectivity index (χ2n) is 7.37. The first-order valence-electron chi connectivity index (χ1n) is 11.1. The Kier molecular flexibility index (Phi) is 9.45. The molecule has 0 saturated carbocycles. The molecule has 3 rings (SSSR count). The second kappa shape index (κ2) is 13.0. The van der Waals surface area contributed by atoms with Crippen molar-refractivity contribution in [1.82, 2.24) is 20.4 Å². The zero-order valence-electron chi connectivity index (χ0n) is 19.0. The molecule has 32 heavy (non-hydrogen) atoms. The van der Waals surface area contributed by atoms with Gasteiger partial charge in [0.1, 0.15) is 18.1 Å². The summed E-state index contributed by atoms with van der Waals surface area (Å²) in [5.74, 6) is 2.52. The van der Waals surface area contributed by atoms with E-state index in [9.17, 15) is 0 Å². The van der Waals surface area contributed by atoms with Gasteiger partial charge in [0.05, 0.1) is 18.8 Å². The summed E-state index contributed by atoms with van der Waals surface area (Å²) in [7, 11) is 1.93. The fourth-order valence-corrected chi connectivity index (χ4v) is 3.06. The van der Waals surface area contributed by atoms with Gasteiger partial charge in [0.25, 0.3) is 0 Å². The van der Waals surface area contributed by atoms with Crippen LogP contribution in [0.25, 0.3) is 0 Å². The van der Waals surface area contributed by atoms with Gasteiger partial charge in [-0.05, 0) is 55.7 Å². The average molecular weight is 436 g/mol. The van der Waals surface area contributed by atoms with Gasteiger partial charge < -0.3 is 20.1 Å². The first-order valence-corrected chi connectivity index (χ1v) is 11.1. The summed E-state index contributed by atoms with van der Waals surface area (Å²) in [6.45, 7) is 5.56. The fraction of sp³-hybridized carbons (Fsp3) is 0.360. The summed E-state index contributed by atoms with van der Waals surface area (Å²) in [5, 5.41) is 10.8. The van der Waals surface area contributed by atoms with E-state index in [0.717, 1.165) is 54.6 Å². The van der Waals surface area contributed by atoms with Crippen LogP contribution in [0.1, 0.15) is 31.0 Å². The number of nitrogens with one attached hydrogen (secondary N) is 2. The van der Waals surface area contributed by atoms with Gasteiger partial charge in [0.2, 0.25) is 0 Å². The molecule has 0 aliphatic heterocycles. The fourth-order valence-electron chi connectivity index (χ4n) is 3.06. The molecule has 0 radical (unpaired) electrons. The SMILES string of the molecule is CCNC(=NCc1ccnn1C)NCCCCOc1ccc(OCc2ccccc2)cc1. The Bertz CT molecular complexity index is 938. The third-order valence-corrected chi connectivity index (χ3v) is 4.87. The van der Waals surface area contributed by atoms with Gasteiger partial charge in [0.15, 0.2) is 5.96 Å². The molecule has 0 aliphatic rings. The number of aromatic nitrogens is 2. The maximum absolute atomic E-state index is 5.85. The largest absolute Gasteiger partial charge is 0.494 e. The molecule has 0 spiro atoms. The van der Waals surface area contributed by atoms with Crippen LogP contribution >= 0.6 is 0 Å². The number of unbranched alkanes of at least 4 members (excludes halogenated alkanes) is 1. The lowest BCUT2D eigenvalue weighted by molar-refractivity contribution is 0.298. The van der Waals surface area contributed by atoms with E-state index in [4.69, 9.17) is 9.47 Å². The maximum atomic E-state index is 5.85. The van der Waals surface area contributed by atoms with E-state index in [1.54, 1.807) is 6.20 Å². The molecule has 0 unspecified atom stereocenters. The number of aliphatic imine (C=N–C) groups is 1. The number of nitrogens with zero attached hydrogens (tertiary/aromatic N) is 3. The molecule has 2 N–H and O–H groups in total. The van der Waals surface area contributed by atoms with Crippen LogP contribution in [0.5, 0.6) is 11.5 Å². The van der Waals surface area contributed by atoms with Gasteiger partial charge in [-0.1, -0.05) is 30.3 Å². The van der Waals surface area contributed by atoms with Gasteiger partial charge in [-0.2, -0.15) is 5.10 Å². The molecule has 7 nitrogen and oxygen atoms in total. The summed E-state index contributed by atoms with van der Waals surface area (Å²) in [6, 6.07) is 19.9. The lowest BCUT2D eigenvalue weighted by Crippen LogP contribution is -2.37. The Hall–Kier alpha value is -3.48. The zero-order chi connectivity index (χ0) is 22.4. The van der Waals surface area contributed by atoms with Crippen molar-refractivity contribution < 1.29 is 9.47 Å². The van der Waals surface area contributed by atoms with Crippen molar-refractivity contribution in [2.75, 3.05) is 19.7 Å². The van der Waals surface area contributed by atoms with E-state index in [0.29, 0.717) is 19.8 Å². The maximum Gasteiger partial charge on any atom is 0.191 e. The number of rotatable bonds is 12. The summed E-state index contributed by atoms with van der Waals surface area (Å²) < 4.78 is 13.5. The van der Waals surface area contributed by atoms with Crippen LogP contribution in [0.2, 0.25) is 0 Å². The molecule has 7 heteroatoms. The topological polar surface area (TPSA) is 72.7 Å². The third-order valence-electron chi connectivity index (χ3n) is 4.87. The Labute approximate surface area is 190 Å². The van der Waals surface area contributed by atoms with Crippen LogP contribution < -0.4 is 20.1 Å². The van der Waals surface area contributed by atoms with Gasteiger partial charge in [-0.3, -0.25) is 4.68 Å². The van der Waals surface area contributed by atoms with Crippen LogP contribution in [-0.2, 0) is 20.2 Å². The van der Waals surface area contributed by atoms with Gasteiger partial charge >= 0.3 is 0 Å². The smallest absolute Gasteiger partial charge is 0.191 e. The van der Waals surface area contributed by atoms with E-state index in [-0.39, 0.29) is 0 Å². The number of hydrogen-bond donors (Lipinski definition) is 2. The highest BCUT2D eigenvalue weighted by atomic mass is 16.5. The van der Waals surface area contributed by atoms with Crippen molar-refractivity contribution in [2.45, 2.75) is 32.9 Å². The Morgan fingerprint density at radius 1 is 0.938 bits per heavy atom. The second-order valence-corrected chi connectivity index (χ2v) is 7.37. The Balaban J connectivity index is 1.31. The number of hydrogen-bond acceptors (Lipinski definition) is 4. The molecule has 3 aromatic rings. The quantitative estimate of drug-likeness (QED) is 0.256. The predicted octanol–water partition coefficient (Wildman–Crippen LogP) is 3.91. The molecular weight excluding hydrogens is 402 g/mol. The van der Waals surface area contributed by atoms with Crippen molar-refractivity contribution in [3.8, 4) is 11.5 Å². The lowest BCUT2D eigenvalue weighted by Gasteiger charge is -2.12. The lowest BCUT2D eigenvalue weighted by atomic mass is 10.2. The first-order chi connectivity index (χ1) is 15.7. The summed E-state index contributed by atoms with van der Waals surface area (Å²) in [4.78, 5) is 4.62. The number of guanidine groups is 1. The van der Waals surface area contributed by atoms with E-state index in [2.05, 4.69) is 39.8 Å². The molecule has 2 aromatic carbocycles. The van der Waals surface area contributed by atoms with Crippen LogP contribution in [0.4, 0.5) is 0 Å². The van der Waals surface area contributed by atoms with Crippen LogP contribution in [0, 0.1) is 0 Å². The summed E-state index contributed by atoms with van der Waals surface area (Å²) in [5.41, 5.74) is 2.23. The minimum atomic E-state index is 0.564. The minimum absolute atomic E-state index is 0.564. The van der Waals surface area contributed by atoms with Gasteiger partial charge in [-0.25, -0.2) is 4.99 Å². The van der Waals surface area contributed by atoms with Crippen molar-refractivity contribution in [2.24, 2.45) is 12.0 Å². The average Bonchev–Trinajstić information content (AvgIpc) is 3.24. The monoisotopic (exact) mass is 435 g/mol. The molecule has 1 aromatic heterocycles. The van der Waals surface area contributed by atoms with Crippen molar-refractivity contribution >= 4 is 5.96 Å². The van der Waals surface area contributed by atoms with Crippen LogP contribution in [-0.4, -0.2) is 35.4 Å². The number of ether oxygens (including phenoxy) is 2. The van der Waals surface area contributed by atoms with Crippen molar-refractivity contribution in [3.05, 3.63) is 78.1 Å². The standard InChI is InChI=1S/C25H33N5O2/c1-3-26-25(28-19-22-15-17-29-30(22)2)27-16-7-8-18-31-23-11-13-24(14-12-23)32-20-21-9-5-4-6-10-21/h4-6,9-15,17H,3,7-8,16,18-20H2,1-2H3,(H2,26,27,28). The minimum Gasteiger partial charge on any atom is -0.494 e. The third kappa shape index (κ3) is 7.98. The number of benzene rings is 2. The highest BCUT2D eigenvalue weighted by molar-refractivity contribution is 5.79. The highest BCUT2D eigenvalue weighted by Gasteiger charge is 2.01. The molecular formula is C25H33N5O2.